The van der Waals surface area contributed by atoms with Crippen LogP contribution in [0.1, 0.15) is 5.56 Å². The fraction of sp³-hybridized carbons (Fsp3) is 0.545. The van der Waals surface area contributed by atoms with E-state index in [0.717, 1.165) is 19.6 Å². The topological polar surface area (TPSA) is 120 Å². The van der Waals surface area contributed by atoms with Crippen LogP contribution >= 0.6 is 0 Å². The molecule has 2 heterocycles. The lowest BCUT2D eigenvalue weighted by molar-refractivity contribution is -0.154. The minimum absolute atomic E-state index is 0.341. The number of carbonyl (C=O) groups excluding carboxylic acids is 4. The van der Waals surface area contributed by atoms with Crippen LogP contribution < -0.4 is 16.0 Å². The molecule has 0 radical (unpaired) electrons. The van der Waals surface area contributed by atoms with Gasteiger partial charge in [-0.1, -0.05) is 30.3 Å². The number of nitrogens with zero attached hydrogens (tertiary/aromatic N) is 2. The lowest BCUT2D eigenvalue weighted by Crippen LogP contribution is -2.61. The molecule has 0 spiro atoms. The molecule has 2 aliphatic rings. The molecule has 0 aliphatic carbocycles. The van der Waals surface area contributed by atoms with E-state index in [1.165, 1.54) is 26.7 Å². The SMILES string of the molecule is CNC(=O)C(COC(=O)N1CC2CN(Cc3ccccc3)CC2C1)(C(=O)NC)C(=O)NC. The van der Waals surface area contributed by atoms with E-state index in [9.17, 15) is 19.2 Å². The van der Waals surface area contributed by atoms with Gasteiger partial charge in [0.2, 0.25) is 23.1 Å². The average Bonchev–Trinajstić information content (AvgIpc) is 3.37. The number of fused-ring (bicyclic) bond motifs is 1. The first kappa shape index (κ1) is 23.5. The maximum Gasteiger partial charge on any atom is 0.409 e. The minimum atomic E-state index is -2.20. The number of hydrogen-bond acceptors (Lipinski definition) is 6. The lowest BCUT2D eigenvalue weighted by atomic mass is 9.85. The van der Waals surface area contributed by atoms with Gasteiger partial charge in [-0.25, -0.2) is 4.79 Å². The number of amides is 4. The van der Waals surface area contributed by atoms with E-state index in [-0.39, 0.29) is 0 Å². The summed E-state index contributed by atoms with van der Waals surface area (Å²) in [5, 5.41) is 6.95. The summed E-state index contributed by atoms with van der Waals surface area (Å²) in [6.45, 7) is 3.06. The van der Waals surface area contributed by atoms with E-state index < -0.39 is 35.8 Å². The Kier molecular flexibility index (Phi) is 7.34. The Balaban J connectivity index is 1.59. The Morgan fingerprint density at radius 1 is 0.875 bits per heavy atom. The largest absolute Gasteiger partial charge is 0.447 e. The van der Waals surface area contributed by atoms with Crippen LogP contribution in [0.3, 0.4) is 0 Å². The van der Waals surface area contributed by atoms with Gasteiger partial charge in [-0.05, 0) is 17.4 Å². The normalized spacial score (nSPS) is 20.4. The van der Waals surface area contributed by atoms with E-state index in [1.807, 2.05) is 18.2 Å². The van der Waals surface area contributed by atoms with Crippen LogP contribution in [0.25, 0.3) is 0 Å². The smallest absolute Gasteiger partial charge is 0.409 e. The van der Waals surface area contributed by atoms with E-state index in [0.29, 0.717) is 24.9 Å². The Morgan fingerprint density at radius 3 is 1.84 bits per heavy atom. The first-order valence-corrected chi connectivity index (χ1v) is 10.7. The second-order valence-electron chi connectivity index (χ2n) is 8.30. The maximum absolute atomic E-state index is 12.7. The molecule has 174 valence electrons. The van der Waals surface area contributed by atoms with Gasteiger partial charge in [0.1, 0.15) is 6.61 Å². The zero-order valence-electron chi connectivity index (χ0n) is 18.7. The summed E-state index contributed by atoms with van der Waals surface area (Å²) in [6.07, 6.45) is -0.630. The first-order valence-electron chi connectivity index (χ1n) is 10.7. The first-order chi connectivity index (χ1) is 15.3. The summed E-state index contributed by atoms with van der Waals surface area (Å²) in [7, 11) is 3.94. The molecule has 2 fully saturated rings. The van der Waals surface area contributed by atoms with E-state index in [1.54, 1.807) is 4.90 Å². The minimum Gasteiger partial charge on any atom is -0.447 e. The molecule has 0 aromatic heterocycles. The standard InChI is InChI=1S/C22H31N5O5/c1-23-18(28)22(19(29)24-2,20(30)25-3)14-32-21(31)27-12-16-10-26(11-17(16)13-27)9-15-7-5-4-6-8-15/h4-8,16-17H,9-14H2,1-3H3,(H,23,28)(H,24,29)(H,25,30). The number of carbonyl (C=O) groups is 4. The molecule has 2 atom stereocenters. The Labute approximate surface area is 187 Å². The summed E-state index contributed by atoms with van der Waals surface area (Å²) in [5.41, 5.74) is -0.937. The summed E-state index contributed by atoms with van der Waals surface area (Å²) in [5.74, 6) is -1.86. The molecule has 10 nitrogen and oxygen atoms in total. The molecule has 10 heteroatoms. The zero-order chi connectivity index (χ0) is 23.3. The number of nitrogens with one attached hydrogen (secondary N) is 3. The van der Waals surface area contributed by atoms with Gasteiger partial charge in [0, 0.05) is 53.9 Å². The molecule has 4 amide bonds. The Bertz CT molecular complexity index is 807. The second kappa shape index (κ2) is 9.99. The molecule has 2 unspecified atom stereocenters. The third-order valence-electron chi connectivity index (χ3n) is 6.33. The summed E-state index contributed by atoms with van der Waals surface area (Å²) in [6, 6.07) is 10.3. The van der Waals surface area contributed by atoms with Crippen LogP contribution in [0.15, 0.2) is 30.3 Å². The van der Waals surface area contributed by atoms with Gasteiger partial charge in [0.15, 0.2) is 0 Å². The molecule has 0 saturated carbocycles. The lowest BCUT2D eigenvalue weighted by Gasteiger charge is -2.29. The molecule has 2 saturated heterocycles. The van der Waals surface area contributed by atoms with Crippen molar-refractivity contribution in [3.8, 4) is 0 Å². The van der Waals surface area contributed by atoms with E-state index >= 15 is 0 Å². The molecule has 3 rings (SSSR count). The van der Waals surface area contributed by atoms with Crippen molar-refractivity contribution in [2.45, 2.75) is 6.54 Å². The van der Waals surface area contributed by atoms with Gasteiger partial charge in [-0.2, -0.15) is 0 Å². The number of ether oxygens (including phenoxy) is 1. The van der Waals surface area contributed by atoms with Gasteiger partial charge < -0.3 is 25.6 Å². The average molecular weight is 446 g/mol. The monoisotopic (exact) mass is 445 g/mol. The third-order valence-corrected chi connectivity index (χ3v) is 6.33. The van der Waals surface area contributed by atoms with Gasteiger partial charge in [-0.15, -0.1) is 0 Å². The molecule has 32 heavy (non-hydrogen) atoms. The molecule has 1 aromatic carbocycles. The van der Waals surface area contributed by atoms with Crippen molar-refractivity contribution in [2.24, 2.45) is 17.3 Å². The van der Waals surface area contributed by atoms with E-state index in [4.69, 9.17) is 4.74 Å². The highest BCUT2D eigenvalue weighted by Gasteiger charge is 2.54. The van der Waals surface area contributed by atoms with Crippen LogP contribution in [-0.2, 0) is 25.7 Å². The van der Waals surface area contributed by atoms with Gasteiger partial charge in [0.05, 0.1) is 0 Å². The molecular formula is C22H31N5O5. The van der Waals surface area contributed by atoms with Gasteiger partial charge in [0.25, 0.3) is 0 Å². The van der Waals surface area contributed by atoms with Crippen molar-refractivity contribution in [2.75, 3.05) is 53.9 Å². The van der Waals surface area contributed by atoms with Gasteiger partial charge >= 0.3 is 6.09 Å². The quantitative estimate of drug-likeness (QED) is 0.483. The zero-order valence-corrected chi connectivity index (χ0v) is 18.7. The van der Waals surface area contributed by atoms with Gasteiger partial charge in [-0.3, -0.25) is 19.3 Å². The van der Waals surface area contributed by atoms with E-state index in [2.05, 4.69) is 33.0 Å². The maximum atomic E-state index is 12.7. The highest BCUT2D eigenvalue weighted by atomic mass is 16.6. The molecule has 2 aliphatic heterocycles. The predicted molar refractivity (Wildman–Crippen MR) is 116 cm³/mol. The van der Waals surface area contributed by atoms with Crippen molar-refractivity contribution >= 4 is 23.8 Å². The fourth-order valence-electron chi connectivity index (χ4n) is 4.62. The summed E-state index contributed by atoms with van der Waals surface area (Å²) < 4.78 is 5.34. The van der Waals surface area contributed by atoms with Crippen molar-refractivity contribution in [1.82, 2.24) is 25.8 Å². The molecular weight excluding hydrogens is 414 g/mol. The van der Waals surface area contributed by atoms with Crippen LogP contribution in [0.5, 0.6) is 0 Å². The van der Waals surface area contributed by atoms with Crippen LogP contribution in [0.2, 0.25) is 0 Å². The van der Waals surface area contributed by atoms with Crippen LogP contribution in [-0.4, -0.2) is 87.5 Å². The highest BCUT2D eigenvalue weighted by Crippen LogP contribution is 2.32. The second-order valence-corrected chi connectivity index (χ2v) is 8.30. The van der Waals surface area contributed by atoms with Crippen molar-refractivity contribution in [3.05, 3.63) is 35.9 Å². The third kappa shape index (κ3) is 4.55. The number of hydrogen-bond donors (Lipinski definition) is 3. The van der Waals surface area contributed by atoms with Crippen molar-refractivity contribution in [1.29, 1.82) is 0 Å². The number of benzene rings is 1. The molecule has 1 aromatic rings. The Morgan fingerprint density at radius 2 is 1.38 bits per heavy atom. The Hall–Kier alpha value is -3.14. The highest BCUT2D eigenvalue weighted by molar-refractivity contribution is 6.22. The van der Waals surface area contributed by atoms with Crippen molar-refractivity contribution in [3.63, 3.8) is 0 Å². The molecule has 0 bridgehead atoms. The predicted octanol–water partition coefficient (Wildman–Crippen LogP) is -0.589. The summed E-state index contributed by atoms with van der Waals surface area (Å²) in [4.78, 5) is 54.1. The number of rotatable bonds is 7. The number of likely N-dealkylation sites (tertiary alicyclic amines) is 2. The summed E-state index contributed by atoms with van der Waals surface area (Å²) >= 11 is 0. The fourth-order valence-corrected chi connectivity index (χ4v) is 4.62. The van der Waals surface area contributed by atoms with Crippen LogP contribution in [0.4, 0.5) is 4.79 Å². The molecule has 3 N–H and O–H groups in total. The van der Waals surface area contributed by atoms with Crippen molar-refractivity contribution < 1.29 is 23.9 Å². The van der Waals surface area contributed by atoms with Crippen LogP contribution in [0, 0.1) is 17.3 Å².